The molecule has 3 aromatic rings. The molecule has 2 heterocycles. The highest BCUT2D eigenvalue weighted by Gasteiger charge is 2.24. The van der Waals surface area contributed by atoms with Gasteiger partial charge in [-0.25, -0.2) is 0 Å². The lowest BCUT2D eigenvalue weighted by Gasteiger charge is -2.28. The summed E-state index contributed by atoms with van der Waals surface area (Å²) in [5, 5.41) is 9.38. The molecule has 1 N–H and O–H groups in total. The highest BCUT2D eigenvalue weighted by Crippen LogP contribution is 2.31. The van der Waals surface area contributed by atoms with E-state index in [1.54, 1.807) is 0 Å². The van der Waals surface area contributed by atoms with Gasteiger partial charge in [0.15, 0.2) is 0 Å². The van der Waals surface area contributed by atoms with Crippen molar-refractivity contribution in [3.8, 4) is 0 Å². The number of amides is 1. The maximum atomic E-state index is 12.8. The van der Waals surface area contributed by atoms with Crippen molar-refractivity contribution in [1.29, 1.82) is 0 Å². The number of nitrogens with one attached hydrogen (secondary N) is 1. The molecule has 1 amide bonds. The number of hydrogen-bond acceptors (Lipinski definition) is 4. The zero-order valence-electron chi connectivity index (χ0n) is 19.3. The van der Waals surface area contributed by atoms with Crippen LogP contribution in [-0.4, -0.2) is 34.4 Å². The van der Waals surface area contributed by atoms with Crippen LogP contribution >= 0.6 is 11.6 Å². The molecule has 0 atom stereocenters. The Kier molecular flexibility index (Phi) is 6.91. The molecule has 0 saturated heterocycles. The number of carbonyl (C=O) groups excluding carboxylic acids is 1. The van der Waals surface area contributed by atoms with E-state index in [4.69, 9.17) is 20.8 Å². The lowest BCUT2D eigenvalue weighted by atomic mass is 9.93. The fraction of sp³-hybridized carbons (Fsp3) is 0.520. The predicted octanol–water partition coefficient (Wildman–Crippen LogP) is 5.84. The fourth-order valence-electron chi connectivity index (χ4n) is 4.42. The number of hydrogen-bond donors (Lipinski definition) is 1. The third kappa shape index (κ3) is 5.02. The van der Waals surface area contributed by atoms with Gasteiger partial charge in [-0.1, -0.05) is 25.4 Å². The summed E-state index contributed by atoms with van der Waals surface area (Å²) in [6.45, 7) is 9.42. The molecule has 1 aromatic carbocycles. The predicted molar refractivity (Wildman–Crippen MR) is 127 cm³/mol. The molecule has 0 unspecified atom stereocenters. The molecular formula is C25H32ClN3O3. The van der Waals surface area contributed by atoms with Gasteiger partial charge in [0.05, 0.1) is 12.6 Å². The molecular weight excluding hydrogens is 426 g/mol. The third-order valence-corrected chi connectivity index (χ3v) is 6.41. The summed E-state index contributed by atoms with van der Waals surface area (Å²) in [5.74, 6) is 1.10. The van der Waals surface area contributed by atoms with E-state index in [-0.39, 0.29) is 11.9 Å². The van der Waals surface area contributed by atoms with Crippen LogP contribution in [0.5, 0.6) is 0 Å². The first-order valence-electron chi connectivity index (χ1n) is 11.5. The summed E-state index contributed by atoms with van der Waals surface area (Å²) in [5.41, 5.74) is 3.13. The maximum absolute atomic E-state index is 12.8. The van der Waals surface area contributed by atoms with Gasteiger partial charge in [0.25, 0.3) is 5.91 Å². The Bertz CT molecular complexity index is 1090. The van der Waals surface area contributed by atoms with Crippen molar-refractivity contribution in [3.05, 3.63) is 52.0 Å². The molecule has 1 aliphatic carbocycles. The molecule has 1 fully saturated rings. The molecule has 32 heavy (non-hydrogen) atoms. The average Bonchev–Trinajstić information content (AvgIpc) is 3.34. The molecule has 0 radical (unpaired) electrons. The van der Waals surface area contributed by atoms with Gasteiger partial charge in [-0.2, -0.15) is 5.10 Å². The van der Waals surface area contributed by atoms with Crippen LogP contribution in [0.2, 0.25) is 5.02 Å². The average molecular weight is 458 g/mol. The smallest absolute Gasteiger partial charge is 0.272 e. The molecule has 0 spiro atoms. The molecule has 6 nitrogen and oxygen atoms in total. The van der Waals surface area contributed by atoms with Gasteiger partial charge in [0, 0.05) is 40.2 Å². The Morgan fingerprint density at radius 2 is 2.00 bits per heavy atom. The summed E-state index contributed by atoms with van der Waals surface area (Å²) in [7, 11) is 0. The van der Waals surface area contributed by atoms with E-state index in [1.807, 2.05) is 42.8 Å². The second-order valence-electron chi connectivity index (χ2n) is 9.02. The molecule has 1 aliphatic rings. The molecule has 2 aromatic heterocycles. The minimum Gasteiger partial charge on any atom is -0.460 e. The molecule has 172 valence electrons. The molecule has 0 bridgehead atoms. The number of nitrogens with zero attached hydrogens (tertiary/aromatic N) is 2. The van der Waals surface area contributed by atoms with Gasteiger partial charge in [0.1, 0.15) is 17.0 Å². The lowest BCUT2D eigenvalue weighted by molar-refractivity contribution is 0.0300. The number of aromatic nitrogens is 2. The van der Waals surface area contributed by atoms with Crippen LogP contribution < -0.4 is 5.32 Å². The third-order valence-electron chi connectivity index (χ3n) is 6.19. The van der Waals surface area contributed by atoms with Crippen molar-refractivity contribution in [2.45, 2.75) is 78.0 Å². The van der Waals surface area contributed by atoms with E-state index in [0.717, 1.165) is 60.3 Å². The van der Waals surface area contributed by atoms with Crippen LogP contribution in [0, 0.1) is 6.92 Å². The second kappa shape index (κ2) is 9.67. The summed E-state index contributed by atoms with van der Waals surface area (Å²) in [6, 6.07) is 7.89. The van der Waals surface area contributed by atoms with E-state index in [9.17, 15) is 4.79 Å². The minimum absolute atomic E-state index is 0.122. The Morgan fingerprint density at radius 3 is 2.69 bits per heavy atom. The largest absolute Gasteiger partial charge is 0.460 e. The SMILES string of the molecule is CCOC1CCC(NC(=O)c2cc(C)n(Cc3cc(Cl)cc4cc(C(C)C)oc34)n2)CC1. The number of carbonyl (C=O) groups is 1. The van der Waals surface area contributed by atoms with Crippen molar-refractivity contribution in [2.24, 2.45) is 0 Å². The number of ether oxygens (including phenoxy) is 1. The summed E-state index contributed by atoms with van der Waals surface area (Å²) >= 11 is 6.37. The van der Waals surface area contributed by atoms with Gasteiger partial charge in [-0.3, -0.25) is 9.48 Å². The number of rotatable bonds is 7. The minimum atomic E-state index is -0.122. The normalized spacial score (nSPS) is 19.1. The van der Waals surface area contributed by atoms with Crippen molar-refractivity contribution in [1.82, 2.24) is 15.1 Å². The Hall–Kier alpha value is -2.31. The van der Waals surface area contributed by atoms with E-state index >= 15 is 0 Å². The molecule has 1 saturated carbocycles. The number of benzene rings is 1. The van der Waals surface area contributed by atoms with Gasteiger partial charge >= 0.3 is 0 Å². The monoisotopic (exact) mass is 457 g/mol. The van der Waals surface area contributed by atoms with Crippen LogP contribution in [0.25, 0.3) is 11.0 Å². The number of halogens is 1. The number of aryl methyl sites for hydroxylation is 1. The van der Waals surface area contributed by atoms with Crippen LogP contribution in [0.3, 0.4) is 0 Å². The topological polar surface area (TPSA) is 69.3 Å². The van der Waals surface area contributed by atoms with Gasteiger partial charge in [-0.05, 0) is 63.8 Å². The molecule has 7 heteroatoms. The summed E-state index contributed by atoms with van der Waals surface area (Å²) in [4.78, 5) is 12.8. The molecule has 4 rings (SSSR count). The quantitative estimate of drug-likeness (QED) is 0.483. The van der Waals surface area contributed by atoms with Gasteiger partial charge in [0.2, 0.25) is 0 Å². The second-order valence-corrected chi connectivity index (χ2v) is 9.45. The fourth-order valence-corrected chi connectivity index (χ4v) is 4.67. The zero-order chi connectivity index (χ0) is 22.8. The van der Waals surface area contributed by atoms with Gasteiger partial charge in [-0.15, -0.1) is 0 Å². The van der Waals surface area contributed by atoms with Gasteiger partial charge < -0.3 is 14.5 Å². The highest BCUT2D eigenvalue weighted by molar-refractivity contribution is 6.31. The first kappa shape index (κ1) is 22.9. The Balaban J connectivity index is 1.48. The Labute approximate surface area is 194 Å². The standard InChI is InChI=1S/C25H32ClN3O3/c1-5-31-21-8-6-20(7-9-21)27-25(30)22-10-16(4)29(28-22)14-18-12-19(26)11-17-13-23(15(2)3)32-24(17)18/h10-13,15,20-21H,5-9,14H2,1-4H3,(H,27,30). The van der Waals surface area contributed by atoms with Crippen LogP contribution in [0.15, 0.2) is 28.7 Å². The Morgan fingerprint density at radius 1 is 1.25 bits per heavy atom. The number of furan rings is 1. The maximum Gasteiger partial charge on any atom is 0.272 e. The molecule has 0 aliphatic heterocycles. The first-order chi connectivity index (χ1) is 15.3. The van der Waals surface area contributed by atoms with Crippen LogP contribution in [0.1, 0.15) is 79.9 Å². The van der Waals surface area contributed by atoms with E-state index < -0.39 is 0 Å². The van der Waals surface area contributed by atoms with Crippen molar-refractivity contribution in [2.75, 3.05) is 6.61 Å². The van der Waals surface area contributed by atoms with Crippen LogP contribution in [-0.2, 0) is 11.3 Å². The highest BCUT2D eigenvalue weighted by atomic mass is 35.5. The first-order valence-corrected chi connectivity index (χ1v) is 11.9. The van der Waals surface area contributed by atoms with Crippen molar-refractivity contribution in [3.63, 3.8) is 0 Å². The van der Waals surface area contributed by atoms with Crippen LogP contribution in [0.4, 0.5) is 0 Å². The lowest BCUT2D eigenvalue weighted by Crippen LogP contribution is -2.39. The summed E-state index contributed by atoms with van der Waals surface area (Å²) in [6.07, 6.45) is 4.17. The number of fused-ring (bicyclic) bond motifs is 1. The van der Waals surface area contributed by atoms with E-state index in [0.29, 0.717) is 29.3 Å². The zero-order valence-corrected chi connectivity index (χ0v) is 20.0. The van der Waals surface area contributed by atoms with Crippen molar-refractivity contribution < 1.29 is 13.9 Å². The van der Waals surface area contributed by atoms with E-state index in [1.165, 1.54) is 0 Å². The summed E-state index contributed by atoms with van der Waals surface area (Å²) < 4.78 is 13.7. The van der Waals surface area contributed by atoms with E-state index in [2.05, 4.69) is 24.3 Å². The van der Waals surface area contributed by atoms with Crippen molar-refractivity contribution >= 4 is 28.5 Å².